The lowest BCUT2D eigenvalue weighted by Crippen LogP contribution is -2.37. The van der Waals surface area contributed by atoms with E-state index in [1.807, 2.05) is 6.92 Å². The molecule has 0 spiro atoms. The highest BCUT2D eigenvalue weighted by Crippen LogP contribution is 2.17. The first-order valence-corrected chi connectivity index (χ1v) is 7.39. The van der Waals surface area contributed by atoms with Crippen molar-refractivity contribution in [2.45, 2.75) is 6.92 Å². The van der Waals surface area contributed by atoms with Crippen molar-refractivity contribution in [1.82, 2.24) is 9.88 Å². The van der Waals surface area contributed by atoms with Gasteiger partial charge in [-0.2, -0.15) is 0 Å². The lowest BCUT2D eigenvalue weighted by Gasteiger charge is -2.17. The molecular weight excluding hydrogens is 332 g/mol. The van der Waals surface area contributed by atoms with Crippen molar-refractivity contribution >= 4 is 17.6 Å². The van der Waals surface area contributed by atoms with Crippen LogP contribution in [0.5, 0.6) is 5.75 Å². The van der Waals surface area contributed by atoms with E-state index < -0.39 is 30.1 Å². The van der Waals surface area contributed by atoms with Crippen molar-refractivity contribution in [2.75, 3.05) is 25.5 Å². The van der Waals surface area contributed by atoms with Crippen LogP contribution < -0.4 is 10.1 Å². The van der Waals surface area contributed by atoms with Crippen LogP contribution in [0.1, 0.15) is 5.56 Å². The number of likely N-dealkylation sites (N-methyl/N-ethyl adjacent to an activating group) is 1. The van der Waals surface area contributed by atoms with Gasteiger partial charge < -0.3 is 15.0 Å². The third-order valence-corrected chi connectivity index (χ3v) is 3.23. The Morgan fingerprint density at radius 1 is 1.24 bits per heavy atom. The molecule has 1 N–H and O–H groups in total. The van der Waals surface area contributed by atoms with Gasteiger partial charge in [0.15, 0.2) is 18.2 Å². The zero-order valence-corrected chi connectivity index (χ0v) is 13.8. The SMILES string of the molecule is Cc1ccc(NC(=O)CN(C)C(=O)COc2cc(F)ccc2F)nc1. The number of aromatic nitrogens is 1. The van der Waals surface area contributed by atoms with E-state index in [2.05, 4.69) is 10.3 Å². The lowest BCUT2D eigenvalue weighted by atomic mass is 10.3. The topological polar surface area (TPSA) is 71.5 Å². The number of benzene rings is 1. The third-order valence-electron chi connectivity index (χ3n) is 3.23. The number of anilines is 1. The van der Waals surface area contributed by atoms with E-state index in [0.717, 1.165) is 28.7 Å². The Bertz CT molecular complexity index is 766. The molecule has 0 aliphatic rings. The van der Waals surface area contributed by atoms with Crippen molar-refractivity contribution < 1.29 is 23.1 Å². The van der Waals surface area contributed by atoms with Gasteiger partial charge in [-0.15, -0.1) is 0 Å². The second-order valence-corrected chi connectivity index (χ2v) is 5.38. The summed E-state index contributed by atoms with van der Waals surface area (Å²) in [4.78, 5) is 29.0. The van der Waals surface area contributed by atoms with Crippen molar-refractivity contribution in [3.8, 4) is 5.75 Å². The molecule has 0 radical (unpaired) electrons. The number of pyridine rings is 1. The Hall–Kier alpha value is -3.03. The summed E-state index contributed by atoms with van der Waals surface area (Å²) in [5.74, 6) is -2.45. The molecule has 8 heteroatoms. The second-order valence-electron chi connectivity index (χ2n) is 5.38. The Balaban J connectivity index is 1.84. The second kappa shape index (κ2) is 8.18. The molecule has 0 fully saturated rings. The molecule has 0 saturated heterocycles. The van der Waals surface area contributed by atoms with Crippen molar-refractivity contribution in [1.29, 1.82) is 0 Å². The normalized spacial score (nSPS) is 10.2. The minimum absolute atomic E-state index is 0.233. The predicted molar refractivity (Wildman–Crippen MR) is 87.1 cm³/mol. The van der Waals surface area contributed by atoms with Crippen molar-refractivity contribution in [2.24, 2.45) is 0 Å². The van der Waals surface area contributed by atoms with Gasteiger partial charge in [-0.25, -0.2) is 13.8 Å². The molecule has 0 atom stereocenters. The van der Waals surface area contributed by atoms with Gasteiger partial charge in [0.25, 0.3) is 5.91 Å². The molecule has 25 heavy (non-hydrogen) atoms. The molecule has 132 valence electrons. The molecule has 1 aromatic carbocycles. The molecule has 1 heterocycles. The summed E-state index contributed by atoms with van der Waals surface area (Å²) in [5, 5.41) is 2.55. The zero-order chi connectivity index (χ0) is 18.4. The summed E-state index contributed by atoms with van der Waals surface area (Å²) < 4.78 is 31.4. The van der Waals surface area contributed by atoms with Gasteiger partial charge in [0.05, 0.1) is 6.54 Å². The van der Waals surface area contributed by atoms with E-state index in [4.69, 9.17) is 4.74 Å². The van der Waals surface area contributed by atoms with Gasteiger partial charge in [0.1, 0.15) is 11.6 Å². The van der Waals surface area contributed by atoms with Gasteiger partial charge >= 0.3 is 0 Å². The fourth-order valence-corrected chi connectivity index (χ4v) is 1.87. The van der Waals surface area contributed by atoms with Crippen LogP contribution >= 0.6 is 0 Å². The van der Waals surface area contributed by atoms with E-state index >= 15 is 0 Å². The largest absolute Gasteiger partial charge is 0.481 e. The Morgan fingerprint density at radius 2 is 2.00 bits per heavy atom. The molecule has 0 aliphatic heterocycles. The number of hydrogen-bond donors (Lipinski definition) is 1. The van der Waals surface area contributed by atoms with Crippen LogP contribution in [0.15, 0.2) is 36.5 Å². The minimum Gasteiger partial charge on any atom is -0.481 e. The van der Waals surface area contributed by atoms with Gasteiger partial charge in [-0.1, -0.05) is 6.07 Å². The number of nitrogens with zero attached hydrogens (tertiary/aromatic N) is 2. The molecule has 2 aromatic rings. The summed E-state index contributed by atoms with van der Waals surface area (Å²) in [6.45, 7) is 1.11. The minimum atomic E-state index is -0.778. The molecule has 2 amide bonds. The van der Waals surface area contributed by atoms with Gasteiger partial charge in [0.2, 0.25) is 5.91 Å². The smallest absolute Gasteiger partial charge is 0.260 e. The summed E-state index contributed by atoms with van der Waals surface area (Å²) in [6, 6.07) is 6.13. The van der Waals surface area contributed by atoms with E-state index in [1.54, 1.807) is 18.3 Å². The first-order valence-electron chi connectivity index (χ1n) is 7.39. The lowest BCUT2D eigenvalue weighted by molar-refractivity contribution is -0.135. The number of carbonyl (C=O) groups excluding carboxylic acids is 2. The number of aryl methyl sites for hydroxylation is 1. The average molecular weight is 349 g/mol. The summed E-state index contributed by atoms with van der Waals surface area (Å²) >= 11 is 0. The highest BCUT2D eigenvalue weighted by molar-refractivity contribution is 5.93. The van der Waals surface area contributed by atoms with E-state index in [0.29, 0.717) is 5.82 Å². The third kappa shape index (κ3) is 5.52. The van der Waals surface area contributed by atoms with Crippen molar-refractivity contribution in [3.63, 3.8) is 0 Å². The molecular formula is C17H17F2N3O3. The van der Waals surface area contributed by atoms with Crippen LogP contribution in [0.25, 0.3) is 0 Å². The van der Waals surface area contributed by atoms with E-state index in [1.165, 1.54) is 7.05 Å². The Kier molecular flexibility index (Phi) is 5.99. The maximum atomic E-state index is 13.4. The summed E-state index contributed by atoms with van der Waals surface area (Å²) in [6.07, 6.45) is 1.60. The standard InChI is InChI=1S/C17H17F2N3O3/c1-11-3-6-15(20-8-11)21-16(23)9-22(2)17(24)10-25-14-7-12(18)4-5-13(14)19/h3-8H,9-10H2,1-2H3,(H,20,21,23). The molecule has 0 saturated carbocycles. The van der Waals surface area contributed by atoms with Crippen LogP contribution in [0.4, 0.5) is 14.6 Å². The van der Waals surface area contributed by atoms with E-state index in [9.17, 15) is 18.4 Å². The molecule has 1 aromatic heterocycles. The maximum Gasteiger partial charge on any atom is 0.260 e. The van der Waals surface area contributed by atoms with Gasteiger partial charge in [0, 0.05) is 19.3 Å². The van der Waals surface area contributed by atoms with Crippen molar-refractivity contribution in [3.05, 3.63) is 53.7 Å². The highest BCUT2D eigenvalue weighted by atomic mass is 19.1. The molecule has 0 bridgehead atoms. The summed E-state index contributed by atoms with van der Waals surface area (Å²) in [5.41, 5.74) is 0.951. The number of rotatable bonds is 6. The number of nitrogens with one attached hydrogen (secondary N) is 1. The van der Waals surface area contributed by atoms with Crippen LogP contribution in [0.2, 0.25) is 0 Å². The molecule has 0 aliphatic carbocycles. The van der Waals surface area contributed by atoms with Crippen LogP contribution in [-0.2, 0) is 9.59 Å². The fourth-order valence-electron chi connectivity index (χ4n) is 1.87. The first kappa shape index (κ1) is 18.3. The summed E-state index contributed by atoms with van der Waals surface area (Å²) in [7, 11) is 1.40. The number of ether oxygens (including phenoxy) is 1. The molecule has 0 unspecified atom stereocenters. The maximum absolute atomic E-state index is 13.4. The van der Waals surface area contributed by atoms with Crippen LogP contribution in [0, 0.1) is 18.6 Å². The van der Waals surface area contributed by atoms with Gasteiger partial charge in [-0.3, -0.25) is 9.59 Å². The number of halogens is 2. The number of hydrogen-bond acceptors (Lipinski definition) is 4. The Labute approximate surface area is 143 Å². The number of amides is 2. The quantitative estimate of drug-likeness (QED) is 0.867. The molecule has 6 nitrogen and oxygen atoms in total. The predicted octanol–water partition coefficient (Wildman–Crippen LogP) is 2.14. The number of carbonyl (C=O) groups is 2. The fraction of sp³-hybridized carbons (Fsp3) is 0.235. The molecule has 2 rings (SSSR count). The Morgan fingerprint density at radius 3 is 2.68 bits per heavy atom. The van der Waals surface area contributed by atoms with Crippen LogP contribution in [0.3, 0.4) is 0 Å². The van der Waals surface area contributed by atoms with E-state index in [-0.39, 0.29) is 12.3 Å². The average Bonchev–Trinajstić information content (AvgIpc) is 2.57. The highest BCUT2D eigenvalue weighted by Gasteiger charge is 2.15. The van der Waals surface area contributed by atoms with Crippen LogP contribution in [-0.4, -0.2) is 41.9 Å². The monoisotopic (exact) mass is 349 g/mol. The van der Waals surface area contributed by atoms with Gasteiger partial charge in [-0.05, 0) is 30.7 Å². The zero-order valence-electron chi connectivity index (χ0n) is 13.8. The first-order chi connectivity index (χ1) is 11.8.